The van der Waals surface area contributed by atoms with Crippen LogP contribution >= 0.6 is 0 Å². The molecule has 0 saturated heterocycles. The van der Waals surface area contributed by atoms with Crippen molar-refractivity contribution in [2.24, 2.45) is 0 Å². The Morgan fingerprint density at radius 3 is 2.59 bits per heavy atom. The number of rotatable bonds is 3. The van der Waals surface area contributed by atoms with E-state index in [0.29, 0.717) is 5.56 Å². The van der Waals surface area contributed by atoms with E-state index in [9.17, 15) is 9.18 Å². The summed E-state index contributed by atoms with van der Waals surface area (Å²) in [5, 5.41) is 0. The van der Waals surface area contributed by atoms with Crippen LogP contribution in [0, 0.1) is 5.82 Å². The highest BCUT2D eigenvalue weighted by atomic mass is 19.1. The standard InChI is InChI=1S/C14H17FO2/c1-9(16)7-10-8-13(17-2)11-5-3-4-6-12(11)14(10)15/h8H,3-7H2,1-2H3. The molecular formula is C14H17FO2. The van der Waals surface area contributed by atoms with Crippen LogP contribution in [0.1, 0.15) is 36.5 Å². The van der Waals surface area contributed by atoms with Gasteiger partial charge in [0.25, 0.3) is 0 Å². The first-order valence-corrected chi connectivity index (χ1v) is 6.00. The van der Waals surface area contributed by atoms with Crippen molar-refractivity contribution in [3.63, 3.8) is 0 Å². The molecule has 0 spiro atoms. The lowest BCUT2D eigenvalue weighted by molar-refractivity contribution is -0.116. The summed E-state index contributed by atoms with van der Waals surface area (Å²) >= 11 is 0. The maximum Gasteiger partial charge on any atom is 0.134 e. The average molecular weight is 236 g/mol. The first-order chi connectivity index (χ1) is 8.13. The van der Waals surface area contributed by atoms with Crippen LogP contribution in [-0.2, 0) is 24.1 Å². The van der Waals surface area contributed by atoms with Gasteiger partial charge in [0.1, 0.15) is 17.3 Å². The highest BCUT2D eigenvalue weighted by Gasteiger charge is 2.21. The van der Waals surface area contributed by atoms with Gasteiger partial charge in [-0.15, -0.1) is 0 Å². The van der Waals surface area contributed by atoms with E-state index >= 15 is 0 Å². The van der Waals surface area contributed by atoms with Crippen LogP contribution in [0.2, 0.25) is 0 Å². The molecule has 0 amide bonds. The summed E-state index contributed by atoms with van der Waals surface area (Å²) in [7, 11) is 1.60. The molecule has 0 aromatic heterocycles. The molecule has 1 aromatic rings. The van der Waals surface area contributed by atoms with Crippen LogP contribution in [0.3, 0.4) is 0 Å². The van der Waals surface area contributed by atoms with Crippen LogP contribution in [-0.4, -0.2) is 12.9 Å². The summed E-state index contributed by atoms with van der Waals surface area (Å²) in [5.41, 5.74) is 2.21. The molecule has 0 radical (unpaired) electrons. The molecule has 0 N–H and O–H groups in total. The van der Waals surface area contributed by atoms with Crippen molar-refractivity contribution >= 4 is 5.78 Å². The second-order valence-electron chi connectivity index (χ2n) is 4.59. The van der Waals surface area contributed by atoms with Crippen molar-refractivity contribution in [1.29, 1.82) is 0 Å². The largest absolute Gasteiger partial charge is 0.496 e. The highest BCUT2D eigenvalue weighted by Crippen LogP contribution is 2.33. The Morgan fingerprint density at radius 2 is 2.00 bits per heavy atom. The van der Waals surface area contributed by atoms with Gasteiger partial charge in [-0.2, -0.15) is 0 Å². The first-order valence-electron chi connectivity index (χ1n) is 6.00. The molecule has 0 atom stereocenters. The van der Waals surface area contributed by atoms with E-state index in [4.69, 9.17) is 4.74 Å². The normalized spacial score (nSPS) is 14.3. The summed E-state index contributed by atoms with van der Waals surface area (Å²) in [4.78, 5) is 11.1. The van der Waals surface area contributed by atoms with Crippen LogP contribution in [0.4, 0.5) is 4.39 Å². The molecule has 3 heteroatoms. The van der Waals surface area contributed by atoms with Gasteiger partial charge in [0, 0.05) is 12.0 Å². The molecule has 0 unspecified atom stereocenters. The topological polar surface area (TPSA) is 26.3 Å². The number of hydrogen-bond acceptors (Lipinski definition) is 2. The Bertz CT molecular complexity index is 452. The Kier molecular flexibility index (Phi) is 3.46. The van der Waals surface area contributed by atoms with E-state index in [0.717, 1.165) is 42.6 Å². The van der Waals surface area contributed by atoms with Crippen molar-refractivity contribution in [3.05, 3.63) is 28.6 Å². The SMILES string of the molecule is COc1cc(CC(C)=O)c(F)c2c1CCCC2. The second-order valence-corrected chi connectivity index (χ2v) is 4.59. The van der Waals surface area contributed by atoms with Crippen molar-refractivity contribution in [3.8, 4) is 5.75 Å². The van der Waals surface area contributed by atoms with Gasteiger partial charge in [0.05, 0.1) is 7.11 Å². The maximum absolute atomic E-state index is 14.2. The monoisotopic (exact) mass is 236 g/mol. The molecule has 0 aliphatic heterocycles. The summed E-state index contributed by atoms with van der Waals surface area (Å²) in [6.07, 6.45) is 3.86. The number of halogens is 1. The lowest BCUT2D eigenvalue weighted by Gasteiger charge is -2.21. The maximum atomic E-state index is 14.2. The summed E-state index contributed by atoms with van der Waals surface area (Å²) in [6, 6.07) is 1.68. The Labute approximate surface area is 101 Å². The van der Waals surface area contributed by atoms with Crippen LogP contribution in [0.25, 0.3) is 0 Å². The molecule has 0 saturated carbocycles. The van der Waals surface area contributed by atoms with Gasteiger partial charge in [0.2, 0.25) is 0 Å². The predicted octanol–water partition coefficient (Wildman–Crippen LogP) is 2.84. The average Bonchev–Trinajstić information content (AvgIpc) is 2.32. The fraction of sp³-hybridized carbons (Fsp3) is 0.500. The van der Waals surface area contributed by atoms with E-state index in [1.807, 2.05) is 0 Å². The van der Waals surface area contributed by atoms with Gasteiger partial charge in [-0.25, -0.2) is 4.39 Å². The Hall–Kier alpha value is -1.38. The van der Waals surface area contributed by atoms with E-state index in [-0.39, 0.29) is 18.0 Å². The number of fused-ring (bicyclic) bond motifs is 1. The third-order valence-electron chi connectivity index (χ3n) is 3.28. The van der Waals surface area contributed by atoms with Gasteiger partial charge >= 0.3 is 0 Å². The number of Topliss-reactive ketones (excluding diaryl/α,β-unsaturated/α-hetero) is 1. The predicted molar refractivity (Wildman–Crippen MR) is 64.0 cm³/mol. The molecule has 0 heterocycles. The molecule has 2 nitrogen and oxygen atoms in total. The lowest BCUT2D eigenvalue weighted by Crippen LogP contribution is -2.11. The molecule has 1 aliphatic rings. The Morgan fingerprint density at radius 1 is 1.35 bits per heavy atom. The molecule has 17 heavy (non-hydrogen) atoms. The number of benzene rings is 1. The number of carbonyl (C=O) groups is 1. The fourth-order valence-corrected chi connectivity index (χ4v) is 2.50. The van der Waals surface area contributed by atoms with Gasteiger partial charge < -0.3 is 4.74 Å². The lowest BCUT2D eigenvalue weighted by atomic mass is 9.88. The summed E-state index contributed by atoms with van der Waals surface area (Å²) in [5.74, 6) is 0.509. The quantitative estimate of drug-likeness (QED) is 0.806. The molecule has 1 aliphatic carbocycles. The van der Waals surface area contributed by atoms with Crippen molar-refractivity contribution in [2.75, 3.05) is 7.11 Å². The number of ketones is 1. The molecule has 92 valence electrons. The second kappa shape index (κ2) is 4.86. The van der Waals surface area contributed by atoms with E-state index in [1.54, 1.807) is 13.2 Å². The zero-order valence-corrected chi connectivity index (χ0v) is 10.3. The van der Waals surface area contributed by atoms with E-state index in [2.05, 4.69) is 0 Å². The highest BCUT2D eigenvalue weighted by molar-refractivity contribution is 5.78. The minimum absolute atomic E-state index is 0.0262. The van der Waals surface area contributed by atoms with Crippen molar-refractivity contribution in [2.45, 2.75) is 39.0 Å². The third-order valence-corrected chi connectivity index (χ3v) is 3.28. The fourth-order valence-electron chi connectivity index (χ4n) is 2.50. The summed E-state index contributed by atoms with van der Waals surface area (Å²) < 4.78 is 19.5. The number of ether oxygens (including phenoxy) is 1. The molecule has 1 aromatic carbocycles. The molecule has 0 bridgehead atoms. The van der Waals surface area contributed by atoms with Crippen LogP contribution < -0.4 is 4.74 Å². The van der Waals surface area contributed by atoms with Gasteiger partial charge in [-0.1, -0.05) is 0 Å². The van der Waals surface area contributed by atoms with Gasteiger partial charge in [0.15, 0.2) is 0 Å². The van der Waals surface area contributed by atoms with E-state index < -0.39 is 0 Å². The number of hydrogen-bond donors (Lipinski definition) is 0. The van der Waals surface area contributed by atoms with Crippen molar-refractivity contribution < 1.29 is 13.9 Å². The van der Waals surface area contributed by atoms with E-state index in [1.165, 1.54) is 6.92 Å². The van der Waals surface area contributed by atoms with Gasteiger partial charge in [-0.05, 0) is 49.8 Å². The number of carbonyl (C=O) groups excluding carboxylic acids is 1. The van der Waals surface area contributed by atoms with Crippen LogP contribution in [0.5, 0.6) is 5.75 Å². The van der Waals surface area contributed by atoms with Crippen molar-refractivity contribution in [1.82, 2.24) is 0 Å². The molecule has 2 rings (SSSR count). The number of methoxy groups -OCH3 is 1. The minimum atomic E-state index is -0.198. The van der Waals surface area contributed by atoms with Crippen LogP contribution in [0.15, 0.2) is 6.07 Å². The molecular weight excluding hydrogens is 219 g/mol. The zero-order chi connectivity index (χ0) is 12.4. The third kappa shape index (κ3) is 2.33. The minimum Gasteiger partial charge on any atom is -0.496 e. The summed E-state index contributed by atoms with van der Waals surface area (Å²) in [6.45, 7) is 1.48. The first kappa shape index (κ1) is 12.1. The zero-order valence-electron chi connectivity index (χ0n) is 10.3. The molecule has 0 fully saturated rings. The Balaban J connectivity index is 2.51. The van der Waals surface area contributed by atoms with Gasteiger partial charge in [-0.3, -0.25) is 4.79 Å². The smallest absolute Gasteiger partial charge is 0.134 e.